The molecular weight excluding hydrogens is 522 g/mol. The number of rotatable bonds is 9. The van der Waals surface area contributed by atoms with E-state index in [1.165, 1.54) is 38.6 Å². The highest BCUT2D eigenvalue weighted by Crippen LogP contribution is 2.35. The molecular formula is C24H24BrN3O5S. The van der Waals surface area contributed by atoms with Gasteiger partial charge in [0.05, 0.1) is 31.0 Å². The van der Waals surface area contributed by atoms with Crippen LogP contribution >= 0.6 is 15.9 Å². The van der Waals surface area contributed by atoms with Crippen molar-refractivity contribution < 1.29 is 22.7 Å². The van der Waals surface area contributed by atoms with Gasteiger partial charge in [-0.2, -0.15) is 5.10 Å². The Kier molecular flexibility index (Phi) is 8.30. The van der Waals surface area contributed by atoms with Crippen LogP contribution in [-0.2, 0) is 14.8 Å². The van der Waals surface area contributed by atoms with Crippen LogP contribution in [0.4, 0.5) is 5.69 Å². The molecule has 3 aromatic carbocycles. The fourth-order valence-corrected chi connectivity index (χ4v) is 4.86. The van der Waals surface area contributed by atoms with Crippen LogP contribution in [0.3, 0.4) is 0 Å². The van der Waals surface area contributed by atoms with Gasteiger partial charge in [-0.15, -0.1) is 0 Å². The number of benzene rings is 3. The Morgan fingerprint density at radius 3 is 2.41 bits per heavy atom. The fourth-order valence-electron chi connectivity index (χ4n) is 3.05. The number of carbonyl (C=O) groups is 1. The van der Waals surface area contributed by atoms with Crippen molar-refractivity contribution in [3.63, 3.8) is 0 Å². The Hall–Kier alpha value is -3.37. The van der Waals surface area contributed by atoms with E-state index in [0.717, 1.165) is 19.9 Å². The molecule has 1 amide bonds. The van der Waals surface area contributed by atoms with Crippen LogP contribution in [0, 0.1) is 6.92 Å². The third kappa shape index (κ3) is 5.95. The highest BCUT2D eigenvalue weighted by Gasteiger charge is 2.30. The van der Waals surface area contributed by atoms with Crippen molar-refractivity contribution >= 4 is 43.8 Å². The van der Waals surface area contributed by atoms with Crippen molar-refractivity contribution in [3.05, 3.63) is 82.3 Å². The highest BCUT2D eigenvalue weighted by molar-refractivity contribution is 9.10. The van der Waals surface area contributed by atoms with E-state index in [4.69, 9.17) is 9.47 Å². The van der Waals surface area contributed by atoms with Crippen molar-refractivity contribution in [2.45, 2.75) is 11.8 Å². The SMILES string of the molecule is COc1ccc(OC)c(N(CC(=O)N/N=C\c2ccccc2Br)S(=O)(=O)c2ccc(C)cc2)c1. The Balaban J connectivity index is 1.96. The summed E-state index contributed by atoms with van der Waals surface area (Å²) in [6.45, 7) is 1.32. The van der Waals surface area contributed by atoms with Crippen LogP contribution in [0.25, 0.3) is 0 Å². The van der Waals surface area contributed by atoms with Gasteiger partial charge in [0.2, 0.25) is 0 Å². The number of hydrogen-bond acceptors (Lipinski definition) is 6. The van der Waals surface area contributed by atoms with Gasteiger partial charge in [0.25, 0.3) is 15.9 Å². The van der Waals surface area contributed by atoms with Crippen molar-refractivity contribution in [1.29, 1.82) is 0 Å². The largest absolute Gasteiger partial charge is 0.497 e. The van der Waals surface area contributed by atoms with Crippen molar-refractivity contribution in [1.82, 2.24) is 5.43 Å². The molecule has 178 valence electrons. The Morgan fingerprint density at radius 2 is 1.76 bits per heavy atom. The minimum absolute atomic E-state index is 0.0347. The Bertz CT molecular complexity index is 1290. The molecule has 8 nitrogen and oxygen atoms in total. The van der Waals surface area contributed by atoms with E-state index >= 15 is 0 Å². The Morgan fingerprint density at radius 1 is 1.06 bits per heavy atom. The van der Waals surface area contributed by atoms with E-state index in [0.29, 0.717) is 5.75 Å². The maximum atomic E-state index is 13.6. The van der Waals surface area contributed by atoms with Gasteiger partial charge in [0, 0.05) is 16.1 Å². The highest BCUT2D eigenvalue weighted by atomic mass is 79.9. The molecule has 0 aliphatic carbocycles. The number of anilines is 1. The number of sulfonamides is 1. The molecule has 0 aliphatic rings. The number of halogens is 1. The van der Waals surface area contributed by atoms with Crippen LogP contribution in [0.1, 0.15) is 11.1 Å². The van der Waals surface area contributed by atoms with Gasteiger partial charge < -0.3 is 9.47 Å². The molecule has 0 fully saturated rings. The summed E-state index contributed by atoms with van der Waals surface area (Å²) in [7, 11) is -1.24. The van der Waals surface area contributed by atoms with E-state index < -0.39 is 22.5 Å². The number of methoxy groups -OCH3 is 2. The zero-order chi connectivity index (χ0) is 24.7. The van der Waals surface area contributed by atoms with Crippen molar-refractivity contribution in [3.8, 4) is 11.5 Å². The van der Waals surface area contributed by atoms with Gasteiger partial charge in [-0.25, -0.2) is 13.8 Å². The summed E-state index contributed by atoms with van der Waals surface area (Å²) in [4.78, 5) is 12.8. The molecule has 0 heterocycles. The van der Waals surface area contributed by atoms with Gasteiger partial charge in [0.15, 0.2) is 0 Å². The topological polar surface area (TPSA) is 97.3 Å². The molecule has 3 rings (SSSR count). The number of hydrogen-bond donors (Lipinski definition) is 1. The number of nitrogens with zero attached hydrogens (tertiary/aromatic N) is 2. The van der Waals surface area contributed by atoms with Gasteiger partial charge in [-0.05, 0) is 37.3 Å². The molecule has 34 heavy (non-hydrogen) atoms. The van der Waals surface area contributed by atoms with Gasteiger partial charge in [0.1, 0.15) is 18.0 Å². The summed E-state index contributed by atoms with van der Waals surface area (Å²) in [5.41, 5.74) is 4.21. The number of hydrazone groups is 1. The predicted molar refractivity (Wildman–Crippen MR) is 135 cm³/mol. The maximum Gasteiger partial charge on any atom is 0.264 e. The van der Waals surface area contributed by atoms with Crippen LogP contribution < -0.4 is 19.2 Å². The third-order valence-corrected chi connectivity index (χ3v) is 7.35. The molecule has 1 N–H and O–H groups in total. The average molecular weight is 546 g/mol. The molecule has 0 aromatic heterocycles. The van der Waals surface area contributed by atoms with Crippen LogP contribution in [0.5, 0.6) is 11.5 Å². The lowest BCUT2D eigenvalue weighted by atomic mass is 10.2. The first-order valence-corrected chi connectivity index (χ1v) is 12.4. The number of carbonyl (C=O) groups excluding carboxylic acids is 1. The lowest BCUT2D eigenvalue weighted by Gasteiger charge is -2.25. The summed E-state index contributed by atoms with van der Waals surface area (Å²) in [6, 6.07) is 18.4. The van der Waals surface area contributed by atoms with Crippen molar-refractivity contribution in [2.75, 3.05) is 25.1 Å². The minimum atomic E-state index is -4.13. The smallest absolute Gasteiger partial charge is 0.264 e. The van der Waals surface area contributed by atoms with E-state index in [1.807, 2.05) is 31.2 Å². The van der Waals surface area contributed by atoms with Gasteiger partial charge in [-0.3, -0.25) is 9.10 Å². The molecule has 0 saturated heterocycles. The van der Waals surface area contributed by atoms with Crippen LogP contribution in [0.15, 0.2) is 81.2 Å². The molecule has 3 aromatic rings. The van der Waals surface area contributed by atoms with Crippen molar-refractivity contribution in [2.24, 2.45) is 5.10 Å². The van der Waals surface area contributed by atoms with Gasteiger partial charge >= 0.3 is 0 Å². The first kappa shape index (κ1) is 25.3. The fraction of sp³-hybridized carbons (Fsp3) is 0.167. The van der Waals surface area contributed by atoms with E-state index in [2.05, 4.69) is 26.5 Å². The van der Waals surface area contributed by atoms with Crippen LogP contribution in [0.2, 0.25) is 0 Å². The molecule has 0 aliphatic heterocycles. The van der Waals surface area contributed by atoms with E-state index in [9.17, 15) is 13.2 Å². The zero-order valence-electron chi connectivity index (χ0n) is 18.9. The second-order valence-electron chi connectivity index (χ2n) is 7.18. The van der Waals surface area contributed by atoms with Gasteiger partial charge in [-0.1, -0.05) is 51.8 Å². The number of aryl methyl sites for hydroxylation is 1. The number of ether oxygens (including phenoxy) is 2. The third-order valence-electron chi connectivity index (χ3n) is 4.85. The number of amides is 1. The normalized spacial score (nSPS) is 11.3. The standard InChI is InChI=1S/C24H24BrN3O5S/c1-17-8-11-20(12-9-17)34(30,31)28(22-14-19(32-2)10-13-23(22)33-3)16-24(29)27-26-15-18-6-4-5-7-21(18)25/h4-15H,16H2,1-3H3,(H,27,29)/b26-15-. The molecule has 0 spiro atoms. The minimum Gasteiger partial charge on any atom is -0.497 e. The summed E-state index contributed by atoms with van der Waals surface area (Å²) >= 11 is 3.40. The van der Waals surface area contributed by atoms with E-state index in [-0.39, 0.29) is 16.3 Å². The second-order valence-corrected chi connectivity index (χ2v) is 9.89. The molecule has 0 atom stereocenters. The molecule has 10 heteroatoms. The molecule has 0 saturated carbocycles. The number of nitrogens with one attached hydrogen (secondary N) is 1. The molecule has 0 radical (unpaired) electrons. The lowest BCUT2D eigenvalue weighted by molar-refractivity contribution is -0.119. The predicted octanol–water partition coefficient (Wildman–Crippen LogP) is 4.12. The monoisotopic (exact) mass is 545 g/mol. The van der Waals surface area contributed by atoms with E-state index in [1.54, 1.807) is 24.3 Å². The molecule has 0 unspecified atom stereocenters. The second kappa shape index (κ2) is 11.2. The molecule has 0 bridgehead atoms. The van der Waals surface area contributed by atoms with Crippen LogP contribution in [-0.4, -0.2) is 41.3 Å². The quantitative estimate of drug-likeness (QED) is 0.322. The first-order chi connectivity index (χ1) is 16.3. The zero-order valence-corrected chi connectivity index (χ0v) is 21.3. The summed E-state index contributed by atoms with van der Waals surface area (Å²) in [6.07, 6.45) is 1.47. The summed E-state index contributed by atoms with van der Waals surface area (Å²) in [5, 5.41) is 3.96. The average Bonchev–Trinajstić information content (AvgIpc) is 2.83. The first-order valence-electron chi connectivity index (χ1n) is 10.1. The maximum absolute atomic E-state index is 13.6. The lowest BCUT2D eigenvalue weighted by Crippen LogP contribution is -2.39. The Labute approximate surface area is 207 Å². The summed E-state index contributed by atoms with van der Waals surface area (Å²) < 4.78 is 39.6. The summed E-state index contributed by atoms with van der Waals surface area (Å²) in [5.74, 6) is 0.0390.